The number of pyridine rings is 1. The van der Waals surface area contributed by atoms with Gasteiger partial charge in [-0.2, -0.15) is 0 Å². The highest BCUT2D eigenvalue weighted by atomic mass is 16.3. The molecule has 0 aliphatic rings. The first kappa shape index (κ1) is 15.4. The lowest BCUT2D eigenvalue weighted by molar-refractivity contribution is -0.134. The monoisotopic (exact) mass is 266 g/mol. The third-order valence-corrected chi connectivity index (χ3v) is 2.83. The minimum atomic E-state index is -0.941. The second-order valence-electron chi connectivity index (χ2n) is 5.34. The molecule has 5 heteroatoms. The van der Waals surface area contributed by atoms with Gasteiger partial charge >= 0.3 is 0 Å². The molecule has 0 unspecified atom stereocenters. The molecule has 19 heavy (non-hydrogen) atoms. The van der Waals surface area contributed by atoms with Gasteiger partial charge in [0.15, 0.2) is 0 Å². The van der Waals surface area contributed by atoms with Gasteiger partial charge in [0.25, 0.3) is 5.56 Å². The molecule has 0 aromatic carbocycles. The fraction of sp³-hybridized carbons (Fsp3) is 0.571. The Kier molecular flexibility index (Phi) is 4.89. The van der Waals surface area contributed by atoms with Crippen molar-refractivity contribution >= 4 is 5.91 Å². The van der Waals surface area contributed by atoms with Gasteiger partial charge in [-0.1, -0.05) is 6.07 Å². The Labute approximate surface area is 113 Å². The minimum absolute atomic E-state index is 0.00440. The van der Waals surface area contributed by atoms with Crippen LogP contribution in [0.5, 0.6) is 0 Å². The molecule has 0 radical (unpaired) electrons. The third kappa shape index (κ3) is 4.52. The van der Waals surface area contributed by atoms with E-state index in [0.29, 0.717) is 12.1 Å². The van der Waals surface area contributed by atoms with Crippen LogP contribution >= 0.6 is 0 Å². The van der Waals surface area contributed by atoms with Gasteiger partial charge in [0, 0.05) is 24.8 Å². The lowest BCUT2D eigenvalue weighted by atomic mass is 10.1. The molecule has 1 heterocycles. The number of aromatic nitrogens is 1. The summed E-state index contributed by atoms with van der Waals surface area (Å²) in [7, 11) is 0. The van der Waals surface area contributed by atoms with E-state index >= 15 is 0 Å². The van der Waals surface area contributed by atoms with E-state index in [1.165, 1.54) is 4.57 Å². The SMILES string of the molecule is CCN(CC(C)(C)O)C(=O)Cn1cccc(C)c1=O. The molecule has 106 valence electrons. The smallest absolute Gasteiger partial charge is 0.253 e. The van der Waals surface area contributed by atoms with Gasteiger partial charge in [-0.15, -0.1) is 0 Å². The molecule has 0 spiro atoms. The largest absolute Gasteiger partial charge is 0.389 e. The summed E-state index contributed by atoms with van der Waals surface area (Å²) in [4.78, 5) is 25.5. The molecular weight excluding hydrogens is 244 g/mol. The number of nitrogens with zero attached hydrogens (tertiary/aromatic N) is 2. The zero-order valence-electron chi connectivity index (χ0n) is 12.0. The summed E-state index contributed by atoms with van der Waals surface area (Å²) in [5, 5.41) is 9.77. The van der Waals surface area contributed by atoms with Crippen LogP contribution < -0.4 is 5.56 Å². The number of rotatable bonds is 5. The van der Waals surface area contributed by atoms with Gasteiger partial charge in [-0.05, 0) is 33.8 Å². The summed E-state index contributed by atoms with van der Waals surface area (Å²) in [5.41, 5.74) is -0.487. The van der Waals surface area contributed by atoms with E-state index < -0.39 is 5.60 Å². The third-order valence-electron chi connectivity index (χ3n) is 2.83. The van der Waals surface area contributed by atoms with Crippen molar-refractivity contribution in [2.75, 3.05) is 13.1 Å². The van der Waals surface area contributed by atoms with Crippen LogP contribution in [0.1, 0.15) is 26.3 Å². The number of hydrogen-bond acceptors (Lipinski definition) is 3. The van der Waals surface area contributed by atoms with Crippen LogP contribution in [0, 0.1) is 6.92 Å². The Balaban J connectivity index is 2.83. The number of amides is 1. The molecule has 1 N–H and O–H groups in total. The second-order valence-corrected chi connectivity index (χ2v) is 5.34. The molecule has 0 fully saturated rings. The fourth-order valence-electron chi connectivity index (χ4n) is 1.87. The van der Waals surface area contributed by atoms with E-state index in [1.54, 1.807) is 44.0 Å². The highest BCUT2D eigenvalue weighted by Crippen LogP contribution is 2.05. The van der Waals surface area contributed by atoms with Gasteiger partial charge in [0.05, 0.1) is 5.60 Å². The summed E-state index contributed by atoms with van der Waals surface area (Å²) in [6, 6.07) is 3.47. The van der Waals surface area contributed by atoms with Crippen molar-refractivity contribution in [3.05, 3.63) is 34.2 Å². The topological polar surface area (TPSA) is 62.5 Å². The number of carbonyl (C=O) groups is 1. The zero-order valence-corrected chi connectivity index (χ0v) is 12.0. The molecule has 5 nitrogen and oxygen atoms in total. The number of hydrogen-bond donors (Lipinski definition) is 1. The van der Waals surface area contributed by atoms with E-state index in [0.717, 1.165) is 0 Å². The van der Waals surface area contributed by atoms with Gasteiger partial charge in [0.1, 0.15) is 6.54 Å². The lowest BCUT2D eigenvalue weighted by Crippen LogP contribution is -2.44. The van der Waals surface area contributed by atoms with Crippen molar-refractivity contribution in [1.82, 2.24) is 9.47 Å². The van der Waals surface area contributed by atoms with E-state index in [-0.39, 0.29) is 24.6 Å². The molecule has 0 aliphatic carbocycles. The van der Waals surface area contributed by atoms with Gasteiger partial charge in [-0.3, -0.25) is 9.59 Å². The quantitative estimate of drug-likeness (QED) is 0.856. The Morgan fingerprint density at radius 1 is 1.47 bits per heavy atom. The molecule has 0 aliphatic heterocycles. The maximum Gasteiger partial charge on any atom is 0.253 e. The summed E-state index contributed by atoms with van der Waals surface area (Å²) in [6.45, 7) is 7.64. The van der Waals surface area contributed by atoms with Crippen LogP contribution in [0.15, 0.2) is 23.1 Å². The standard InChI is InChI=1S/C14H22N2O3/c1-5-15(10-14(3,4)19)12(17)9-16-8-6-7-11(2)13(16)18/h6-8,19H,5,9-10H2,1-4H3. The normalized spacial score (nSPS) is 11.4. The molecule has 1 amide bonds. The summed E-state index contributed by atoms with van der Waals surface area (Å²) in [6.07, 6.45) is 1.60. The van der Waals surface area contributed by atoms with E-state index in [2.05, 4.69) is 0 Å². The molecule has 0 saturated carbocycles. The van der Waals surface area contributed by atoms with Gasteiger partial charge in [-0.25, -0.2) is 0 Å². The van der Waals surface area contributed by atoms with Crippen molar-refractivity contribution < 1.29 is 9.90 Å². The average Bonchev–Trinajstić information content (AvgIpc) is 2.30. The average molecular weight is 266 g/mol. The first-order valence-electron chi connectivity index (χ1n) is 6.41. The summed E-state index contributed by atoms with van der Waals surface area (Å²) >= 11 is 0. The second kappa shape index (κ2) is 6.02. The molecule has 1 rings (SSSR count). The molecular formula is C14H22N2O3. The number of carbonyl (C=O) groups excluding carboxylic acids is 1. The lowest BCUT2D eigenvalue weighted by Gasteiger charge is -2.28. The van der Waals surface area contributed by atoms with Crippen molar-refractivity contribution in [1.29, 1.82) is 0 Å². The first-order valence-corrected chi connectivity index (χ1v) is 6.41. The van der Waals surface area contributed by atoms with Crippen molar-refractivity contribution in [2.24, 2.45) is 0 Å². The maximum absolute atomic E-state index is 12.1. The maximum atomic E-state index is 12.1. The predicted molar refractivity (Wildman–Crippen MR) is 74.0 cm³/mol. The van der Waals surface area contributed by atoms with Gasteiger partial charge < -0.3 is 14.6 Å². The van der Waals surface area contributed by atoms with Gasteiger partial charge in [0.2, 0.25) is 5.91 Å². The zero-order chi connectivity index (χ0) is 14.6. The summed E-state index contributed by atoms with van der Waals surface area (Å²) < 4.78 is 1.39. The number of likely N-dealkylation sites (N-methyl/N-ethyl adjacent to an activating group) is 1. The Morgan fingerprint density at radius 2 is 2.11 bits per heavy atom. The first-order chi connectivity index (χ1) is 8.74. The van der Waals surface area contributed by atoms with Crippen molar-refractivity contribution in [3.63, 3.8) is 0 Å². The fourth-order valence-corrected chi connectivity index (χ4v) is 1.87. The van der Waals surface area contributed by atoms with Crippen LogP contribution in [0.2, 0.25) is 0 Å². The number of aryl methyl sites for hydroxylation is 1. The van der Waals surface area contributed by atoms with E-state index in [1.807, 2.05) is 6.92 Å². The molecule has 1 aromatic rings. The van der Waals surface area contributed by atoms with Crippen LogP contribution in [0.3, 0.4) is 0 Å². The highest BCUT2D eigenvalue weighted by molar-refractivity contribution is 5.76. The molecule has 1 aromatic heterocycles. The molecule has 0 atom stereocenters. The van der Waals surface area contributed by atoms with Crippen LogP contribution in [-0.4, -0.2) is 39.2 Å². The van der Waals surface area contributed by atoms with Crippen molar-refractivity contribution in [2.45, 2.75) is 39.8 Å². The van der Waals surface area contributed by atoms with Crippen LogP contribution in [0.4, 0.5) is 0 Å². The minimum Gasteiger partial charge on any atom is -0.389 e. The highest BCUT2D eigenvalue weighted by Gasteiger charge is 2.21. The Bertz CT molecular complexity index is 500. The molecule has 0 saturated heterocycles. The van der Waals surface area contributed by atoms with E-state index in [4.69, 9.17) is 0 Å². The van der Waals surface area contributed by atoms with Crippen LogP contribution in [-0.2, 0) is 11.3 Å². The van der Waals surface area contributed by atoms with E-state index in [9.17, 15) is 14.7 Å². The Hall–Kier alpha value is -1.62. The molecule has 0 bridgehead atoms. The summed E-state index contributed by atoms with van der Waals surface area (Å²) in [5.74, 6) is -0.169. The number of aliphatic hydroxyl groups is 1. The Morgan fingerprint density at radius 3 is 2.63 bits per heavy atom. The van der Waals surface area contributed by atoms with Crippen molar-refractivity contribution in [3.8, 4) is 0 Å². The predicted octanol–water partition coefficient (Wildman–Crippen LogP) is 0.776. The van der Waals surface area contributed by atoms with Crippen LogP contribution in [0.25, 0.3) is 0 Å².